The third-order valence-corrected chi connectivity index (χ3v) is 5.50. The number of fused-ring (bicyclic) bond motifs is 1. The number of aromatic nitrogens is 3. The van der Waals surface area contributed by atoms with E-state index in [1.54, 1.807) is 0 Å². The molecule has 0 saturated heterocycles. The molecule has 1 aromatic carbocycles. The van der Waals surface area contributed by atoms with Crippen molar-refractivity contribution < 1.29 is 9.53 Å². The van der Waals surface area contributed by atoms with Gasteiger partial charge in [0.05, 0.1) is 12.6 Å². The smallest absolute Gasteiger partial charge is 0.223 e. The normalized spacial score (nSPS) is 17.7. The van der Waals surface area contributed by atoms with Gasteiger partial charge in [-0.1, -0.05) is 18.2 Å². The first-order chi connectivity index (χ1) is 14.6. The number of rotatable bonds is 7. The van der Waals surface area contributed by atoms with Gasteiger partial charge in [-0.15, -0.1) is 34.2 Å². The van der Waals surface area contributed by atoms with E-state index in [0.29, 0.717) is 32.2 Å². The molecule has 1 aliphatic heterocycles. The maximum atomic E-state index is 11.8. The van der Waals surface area contributed by atoms with Crippen molar-refractivity contribution in [2.24, 2.45) is 18.0 Å². The van der Waals surface area contributed by atoms with E-state index in [4.69, 9.17) is 9.73 Å². The summed E-state index contributed by atoms with van der Waals surface area (Å²) in [4.78, 5) is 16.6. The molecule has 1 amide bonds. The van der Waals surface area contributed by atoms with Crippen molar-refractivity contribution in [2.45, 2.75) is 38.8 Å². The zero-order valence-electron chi connectivity index (χ0n) is 17.9. The summed E-state index contributed by atoms with van der Waals surface area (Å²) in [6, 6.07) is 8.16. The fourth-order valence-corrected chi connectivity index (χ4v) is 3.40. The van der Waals surface area contributed by atoms with Gasteiger partial charge in [-0.2, -0.15) is 0 Å². The Hall–Kier alpha value is -2.37. The first-order valence-corrected chi connectivity index (χ1v) is 10.5. The van der Waals surface area contributed by atoms with Gasteiger partial charge in [0.25, 0.3) is 0 Å². The molecule has 2 aliphatic rings. The van der Waals surface area contributed by atoms with Crippen LogP contribution in [0.2, 0.25) is 0 Å². The molecule has 0 bridgehead atoms. The lowest BCUT2D eigenvalue weighted by atomic mass is 10.0. The molecule has 1 unspecified atom stereocenters. The summed E-state index contributed by atoms with van der Waals surface area (Å²) in [7, 11) is 1.93. The van der Waals surface area contributed by atoms with Crippen LogP contribution in [0.5, 0.6) is 5.75 Å². The van der Waals surface area contributed by atoms with Crippen LogP contribution in [0.25, 0.3) is 0 Å². The monoisotopic (exact) mass is 539 g/mol. The number of aliphatic imine (C=N–C) groups is 1. The van der Waals surface area contributed by atoms with Crippen molar-refractivity contribution in [3.63, 3.8) is 0 Å². The Balaban J connectivity index is 0.00000272. The van der Waals surface area contributed by atoms with Gasteiger partial charge < -0.3 is 25.3 Å². The molecule has 2 aromatic rings. The van der Waals surface area contributed by atoms with Gasteiger partial charge in [-0.3, -0.25) is 4.79 Å². The second kappa shape index (κ2) is 10.8. The maximum Gasteiger partial charge on any atom is 0.223 e. The molecule has 31 heavy (non-hydrogen) atoms. The Bertz CT molecular complexity index is 926. The van der Waals surface area contributed by atoms with Gasteiger partial charge in [0, 0.05) is 38.0 Å². The summed E-state index contributed by atoms with van der Waals surface area (Å²) in [5.41, 5.74) is 1.12. The van der Waals surface area contributed by atoms with E-state index < -0.39 is 0 Å². The number of nitrogens with zero attached hydrogens (tertiary/aromatic N) is 4. The largest absolute Gasteiger partial charge is 0.493 e. The fraction of sp³-hybridized carbons (Fsp3) is 0.524. The molecule has 168 valence electrons. The highest BCUT2D eigenvalue weighted by Crippen LogP contribution is 2.31. The van der Waals surface area contributed by atoms with Gasteiger partial charge in [-0.25, -0.2) is 4.99 Å². The summed E-state index contributed by atoms with van der Waals surface area (Å²) < 4.78 is 7.70. The number of guanidine groups is 1. The van der Waals surface area contributed by atoms with Crippen LogP contribution in [0.15, 0.2) is 29.3 Å². The molecular formula is C21H30IN7O2. The standard InChI is InChI=1S/C21H29N7O2.HI/c1-14-26-27-19(28(14)2)13-24-21(23-11-10-22-20(29)15-7-8-15)25-17-9-12-30-18-6-4-3-5-16(17)18;/h3-6,15,17H,7-13H2,1-2H3,(H,22,29)(H2,23,24,25);1H. The van der Waals surface area contributed by atoms with Gasteiger partial charge in [0.1, 0.15) is 18.1 Å². The Morgan fingerprint density at radius 1 is 1.19 bits per heavy atom. The van der Waals surface area contributed by atoms with Crippen LogP contribution in [0.1, 0.15) is 42.5 Å². The zero-order valence-corrected chi connectivity index (χ0v) is 20.3. The second-order valence-electron chi connectivity index (χ2n) is 7.75. The van der Waals surface area contributed by atoms with Gasteiger partial charge in [0.15, 0.2) is 11.8 Å². The first-order valence-electron chi connectivity index (χ1n) is 10.5. The van der Waals surface area contributed by atoms with Crippen molar-refractivity contribution in [1.29, 1.82) is 0 Å². The average molecular weight is 539 g/mol. The van der Waals surface area contributed by atoms with E-state index in [-0.39, 0.29) is 41.8 Å². The molecular weight excluding hydrogens is 509 g/mol. The van der Waals surface area contributed by atoms with E-state index in [1.807, 2.05) is 36.7 Å². The van der Waals surface area contributed by atoms with Crippen molar-refractivity contribution in [2.75, 3.05) is 19.7 Å². The summed E-state index contributed by atoms with van der Waals surface area (Å²) in [5, 5.41) is 18.1. The van der Waals surface area contributed by atoms with Crippen LogP contribution in [0.3, 0.4) is 0 Å². The Morgan fingerprint density at radius 3 is 2.71 bits per heavy atom. The Morgan fingerprint density at radius 2 is 1.97 bits per heavy atom. The number of nitrogens with one attached hydrogen (secondary N) is 3. The van der Waals surface area contributed by atoms with Gasteiger partial charge >= 0.3 is 0 Å². The van der Waals surface area contributed by atoms with E-state index in [1.165, 1.54) is 0 Å². The highest BCUT2D eigenvalue weighted by molar-refractivity contribution is 14.0. The Kier molecular flexibility index (Phi) is 8.10. The average Bonchev–Trinajstić information content (AvgIpc) is 3.56. The van der Waals surface area contributed by atoms with Gasteiger partial charge in [0.2, 0.25) is 5.91 Å². The van der Waals surface area contributed by atoms with E-state index >= 15 is 0 Å². The van der Waals surface area contributed by atoms with Crippen molar-refractivity contribution >= 4 is 35.8 Å². The van der Waals surface area contributed by atoms with E-state index in [2.05, 4.69) is 32.2 Å². The summed E-state index contributed by atoms with van der Waals surface area (Å²) in [5.74, 6) is 3.59. The number of amides is 1. The number of carbonyl (C=O) groups is 1. The molecule has 9 nitrogen and oxygen atoms in total. The van der Waals surface area contributed by atoms with Crippen LogP contribution < -0.4 is 20.7 Å². The number of halogens is 1. The topological polar surface area (TPSA) is 105 Å². The molecule has 1 aromatic heterocycles. The predicted octanol–water partition coefficient (Wildman–Crippen LogP) is 1.83. The minimum Gasteiger partial charge on any atom is -0.493 e. The molecule has 1 saturated carbocycles. The zero-order chi connectivity index (χ0) is 20.9. The fourth-order valence-electron chi connectivity index (χ4n) is 3.40. The SMILES string of the molecule is Cc1nnc(CN=C(NCCNC(=O)C2CC2)NC2CCOc3ccccc32)n1C.I. The molecule has 10 heteroatoms. The number of carbonyl (C=O) groups excluding carboxylic acids is 1. The molecule has 1 atom stereocenters. The lowest BCUT2D eigenvalue weighted by molar-refractivity contribution is -0.122. The van der Waals surface area contributed by atoms with Crippen LogP contribution in [-0.2, 0) is 18.4 Å². The number of aryl methyl sites for hydroxylation is 1. The van der Waals surface area contributed by atoms with Crippen LogP contribution in [0.4, 0.5) is 0 Å². The molecule has 1 aliphatic carbocycles. The number of hydrogen-bond donors (Lipinski definition) is 3. The van der Waals surface area contributed by atoms with Crippen molar-refractivity contribution in [1.82, 2.24) is 30.7 Å². The summed E-state index contributed by atoms with van der Waals surface area (Å²) in [6.45, 7) is 4.13. The lowest BCUT2D eigenvalue weighted by Gasteiger charge is -2.28. The highest BCUT2D eigenvalue weighted by atomic mass is 127. The quantitative estimate of drug-likeness (QED) is 0.215. The third kappa shape index (κ3) is 6.08. The van der Waals surface area contributed by atoms with Crippen LogP contribution in [-0.4, -0.2) is 46.3 Å². The minimum atomic E-state index is 0. The Labute approximate surface area is 199 Å². The number of para-hydroxylation sites is 1. The van der Waals surface area contributed by atoms with Crippen molar-refractivity contribution in [3.8, 4) is 5.75 Å². The predicted molar refractivity (Wildman–Crippen MR) is 128 cm³/mol. The molecule has 2 heterocycles. The number of ether oxygens (including phenoxy) is 1. The maximum absolute atomic E-state index is 11.8. The molecule has 1 fully saturated rings. The van der Waals surface area contributed by atoms with Crippen molar-refractivity contribution in [3.05, 3.63) is 41.5 Å². The first kappa shape index (κ1) is 23.3. The molecule has 4 rings (SSSR count). The molecule has 0 spiro atoms. The summed E-state index contributed by atoms with van der Waals surface area (Å²) >= 11 is 0. The van der Waals surface area contributed by atoms with E-state index in [0.717, 1.165) is 42.2 Å². The minimum absolute atomic E-state index is 0. The lowest BCUT2D eigenvalue weighted by Crippen LogP contribution is -2.44. The molecule has 0 radical (unpaired) electrons. The van der Waals surface area contributed by atoms with Gasteiger partial charge in [-0.05, 0) is 25.8 Å². The second-order valence-corrected chi connectivity index (χ2v) is 7.75. The number of benzene rings is 1. The van der Waals surface area contributed by atoms with E-state index in [9.17, 15) is 4.79 Å². The third-order valence-electron chi connectivity index (χ3n) is 5.50. The van der Waals surface area contributed by atoms with Crippen LogP contribution >= 0.6 is 24.0 Å². The molecule has 3 N–H and O–H groups in total. The highest BCUT2D eigenvalue weighted by Gasteiger charge is 2.29. The number of hydrogen-bond acceptors (Lipinski definition) is 5. The van der Waals surface area contributed by atoms with Crippen LogP contribution in [0, 0.1) is 12.8 Å². The summed E-state index contributed by atoms with van der Waals surface area (Å²) in [6.07, 6.45) is 2.86.